The molecule has 2 aromatic carbocycles. The van der Waals surface area contributed by atoms with Gasteiger partial charge in [-0.1, -0.05) is 38.1 Å². The second-order valence-electron chi connectivity index (χ2n) is 6.18. The third-order valence-electron chi connectivity index (χ3n) is 3.87. The van der Waals surface area contributed by atoms with Crippen LogP contribution in [0.25, 0.3) is 0 Å². The summed E-state index contributed by atoms with van der Waals surface area (Å²) in [6.45, 7) is 8.52. The second kappa shape index (κ2) is 7.67. The van der Waals surface area contributed by atoms with Crippen LogP contribution in [0.4, 0.5) is 0 Å². The second-order valence-corrected chi connectivity index (χ2v) is 10.6. The van der Waals surface area contributed by atoms with E-state index in [9.17, 15) is 4.57 Å². The van der Waals surface area contributed by atoms with Gasteiger partial charge < -0.3 is 9.05 Å². The first-order valence-electron chi connectivity index (χ1n) is 8.02. The van der Waals surface area contributed by atoms with Crippen LogP contribution in [-0.4, -0.2) is 5.25 Å². The standard InChI is InChI=1S/C19H25O3PS/c1-13(2)24-23(20,21-18-11-7-9-14(3)16(18)5)22-19-12-8-10-15(4)17(19)6/h7-13H,1-6H3. The summed E-state index contributed by atoms with van der Waals surface area (Å²) < 4.78 is 25.2. The summed E-state index contributed by atoms with van der Waals surface area (Å²) in [5.74, 6) is 1.22. The molecule has 0 aromatic heterocycles. The Morgan fingerprint density at radius 3 is 1.62 bits per heavy atom. The Balaban J connectivity index is 2.37. The molecular formula is C19H25O3PS. The van der Waals surface area contributed by atoms with E-state index in [0.717, 1.165) is 22.3 Å². The van der Waals surface area contributed by atoms with E-state index in [1.807, 2.05) is 77.9 Å². The van der Waals surface area contributed by atoms with Crippen LogP contribution in [0.15, 0.2) is 36.4 Å². The SMILES string of the molecule is Cc1cccc(OP(=O)(Oc2cccc(C)c2C)SC(C)C)c1C. The average Bonchev–Trinajstić information content (AvgIpc) is 2.48. The molecule has 0 radical (unpaired) electrons. The van der Waals surface area contributed by atoms with Crippen LogP contribution in [0.1, 0.15) is 36.1 Å². The summed E-state index contributed by atoms with van der Waals surface area (Å²) in [6.07, 6.45) is 0. The Morgan fingerprint density at radius 2 is 1.25 bits per heavy atom. The first kappa shape index (κ1) is 19.0. The molecule has 0 saturated heterocycles. The first-order chi connectivity index (χ1) is 11.2. The van der Waals surface area contributed by atoms with Gasteiger partial charge in [0.05, 0.1) is 0 Å². The van der Waals surface area contributed by atoms with Crippen molar-refractivity contribution < 1.29 is 13.6 Å². The van der Waals surface area contributed by atoms with Crippen molar-refractivity contribution in [3.05, 3.63) is 58.7 Å². The highest BCUT2D eigenvalue weighted by Gasteiger charge is 2.32. The Kier molecular flexibility index (Phi) is 6.06. The Morgan fingerprint density at radius 1 is 0.833 bits per heavy atom. The minimum atomic E-state index is -3.40. The zero-order chi connectivity index (χ0) is 17.9. The Hall–Kier alpha value is -1.38. The molecule has 0 unspecified atom stereocenters. The highest BCUT2D eigenvalue weighted by Crippen LogP contribution is 2.62. The third-order valence-corrected chi connectivity index (χ3v) is 7.88. The Bertz CT molecular complexity index is 714. The predicted molar refractivity (Wildman–Crippen MR) is 103 cm³/mol. The van der Waals surface area contributed by atoms with E-state index in [0.29, 0.717) is 11.5 Å². The van der Waals surface area contributed by atoms with E-state index < -0.39 is 6.80 Å². The van der Waals surface area contributed by atoms with Crippen molar-refractivity contribution in [1.29, 1.82) is 0 Å². The molecule has 3 nitrogen and oxygen atoms in total. The fraction of sp³-hybridized carbons (Fsp3) is 0.368. The molecule has 0 spiro atoms. The molecule has 0 aliphatic rings. The number of rotatable bonds is 6. The Labute approximate surface area is 149 Å². The maximum Gasteiger partial charge on any atom is 0.493 e. The first-order valence-corrected chi connectivity index (χ1v) is 11.0. The van der Waals surface area contributed by atoms with Crippen LogP contribution < -0.4 is 9.05 Å². The van der Waals surface area contributed by atoms with Gasteiger partial charge >= 0.3 is 6.80 Å². The molecule has 0 amide bonds. The van der Waals surface area contributed by atoms with Crippen molar-refractivity contribution in [3.8, 4) is 11.5 Å². The minimum Gasteiger partial charge on any atom is -0.408 e. The molecule has 0 heterocycles. The number of hydrogen-bond donors (Lipinski definition) is 0. The summed E-state index contributed by atoms with van der Waals surface area (Å²) in [7, 11) is 0. The molecule has 2 aromatic rings. The third kappa shape index (κ3) is 4.58. The normalized spacial score (nSPS) is 11.6. The van der Waals surface area contributed by atoms with Gasteiger partial charge in [-0.2, -0.15) is 0 Å². The van der Waals surface area contributed by atoms with E-state index in [4.69, 9.17) is 9.05 Å². The van der Waals surface area contributed by atoms with Crippen LogP contribution in [0.3, 0.4) is 0 Å². The van der Waals surface area contributed by atoms with Crippen molar-refractivity contribution in [2.45, 2.75) is 46.8 Å². The molecule has 0 fully saturated rings. The molecular weight excluding hydrogens is 339 g/mol. The summed E-state index contributed by atoms with van der Waals surface area (Å²) in [5, 5.41) is 0.117. The predicted octanol–water partition coefficient (Wildman–Crippen LogP) is 6.63. The lowest BCUT2D eigenvalue weighted by Crippen LogP contribution is -2.03. The van der Waals surface area contributed by atoms with Gasteiger partial charge in [0.25, 0.3) is 0 Å². The van der Waals surface area contributed by atoms with Crippen molar-refractivity contribution in [1.82, 2.24) is 0 Å². The summed E-state index contributed by atoms with van der Waals surface area (Å²) in [5.41, 5.74) is 4.15. The lowest BCUT2D eigenvalue weighted by Gasteiger charge is -2.23. The summed E-state index contributed by atoms with van der Waals surface area (Å²) in [4.78, 5) is 0. The van der Waals surface area contributed by atoms with Crippen LogP contribution in [0.5, 0.6) is 11.5 Å². The number of benzene rings is 2. The highest BCUT2D eigenvalue weighted by molar-refractivity contribution is 8.55. The van der Waals surface area contributed by atoms with E-state index in [2.05, 4.69) is 0 Å². The van der Waals surface area contributed by atoms with Gasteiger partial charge in [0, 0.05) is 5.25 Å². The molecule has 5 heteroatoms. The number of hydrogen-bond acceptors (Lipinski definition) is 4. The van der Waals surface area contributed by atoms with Gasteiger partial charge in [0.15, 0.2) is 0 Å². The molecule has 0 saturated carbocycles. The van der Waals surface area contributed by atoms with Gasteiger partial charge in [0.1, 0.15) is 11.5 Å². The van der Waals surface area contributed by atoms with Crippen molar-refractivity contribution in [2.24, 2.45) is 0 Å². The largest absolute Gasteiger partial charge is 0.493 e. The lowest BCUT2D eigenvalue weighted by molar-refractivity contribution is 0.405. The molecule has 24 heavy (non-hydrogen) atoms. The molecule has 0 bridgehead atoms. The van der Waals surface area contributed by atoms with E-state index in [1.54, 1.807) is 0 Å². The van der Waals surface area contributed by atoms with E-state index in [1.165, 1.54) is 11.4 Å². The molecule has 130 valence electrons. The molecule has 0 N–H and O–H groups in total. The van der Waals surface area contributed by atoms with Gasteiger partial charge in [0.2, 0.25) is 0 Å². The zero-order valence-corrected chi connectivity index (χ0v) is 16.8. The van der Waals surface area contributed by atoms with E-state index in [-0.39, 0.29) is 5.25 Å². The van der Waals surface area contributed by atoms with Crippen LogP contribution in [0.2, 0.25) is 0 Å². The fourth-order valence-electron chi connectivity index (χ4n) is 2.21. The maximum atomic E-state index is 13.4. The van der Waals surface area contributed by atoms with Crippen LogP contribution in [0, 0.1) is 27.7 Å². The monoisotopic (exact) mass is 364 g/mol. The molecule has 0 atom stereocenters. The average molecular weight is 364 g/mol. The van der Waals surface area contributed by atoms with Crippen molar-refractivity contribution >= 4 is 18.2 Å². The van der Waals surface area contributed by atoms with Crippen LogP contribution in [-0.2, 0) is 4.57 Å². The highest BCUT2D eigenvalue weighted by atomic mass is 32.7. The molecule has 0 aliphatic heterocycles. The van der Waals surface area contributed by atoms with Gasteiger partial charge in [-0.05, 0) is 73.5 Å². The topological polar surface area (TPSA) is 35.5 Å². The van der Waals surface area contributed by atoms with Gasteiger partial charge in [-0.25, -0.2) is 4.57 Å². The number of aryl methyl sites for hydroxylation is 2. The van der Waals surface area contributed by atoms with E-state index >= 15 is 0 Å². The van der Waals surface area contributed by atoms with Crippen LogP contribution >= 0.6 is 18.2 Å². The molecule has 2 rings (SSSR count). The van der Waals surface area contributed by atoms with Gasteiger partial charge in [-0.3, -0.25) is 0 Å². The summed E-state index contributed by atoms with van der Waals surface area (Å²) in [6, 6.07) is 11.5. The quantitative estimate of drug-likeness (QED) is 0.539. The maximum absolute atomic E-state index is 13.4. The lowest BCUT2D eigenvalue weighted by atomic mass is 10.1. The molecule has 0 aliphatic carbocycles. The smallest absolute Gasteiger partial charge is 0.408 e. The fourth-order valence-corrected chi connectivity index (χ4v) is 6.01. The van der Waals surface area contributed by atoms with Gasteiger partial charge in [-0.15, -0.1) is 0 Å². The zero-order valence-electron chi connectivity index (χ0n) is 15.1. The van der Waals surface area contributed by atoms with Crippen molar-refractivity contribution in [3.63, 3.8) is 0 Å². The summed E-state index contributed by atoms with van der Waals surface area (Å²) >= 11 is 1.23. The minimum absolute atomic E-state index is 0.117. The van der Waals surface area contributed by atoms with Crippen molar-refractivity contribution in [2.75, 3.05) is 0 Å².